The zero-order valence-electron chi connectivity index (χ0n) is 28.1. The molecule has 0 amide bonds. The molecule has 0 N–H and O–H groups in total. The largest absolute Gasteiger partial charge is 0.309 e. The zero-order chi connectivity index (χ0) is 35.0. The van der Waals surface area contributed by atoms with Crippen molar-refractivity contribution in [3.8, 4) is 35.0 Å². The summed E-state index contributed by atoms with van der Waals surface area (Å²) in [4.78, 5) is 16.0. The fourth-order valence-corrected chi connectivity index (χ4v) is 7.97. The number of aromatic nitrogens is 6. The van der Waals surface area contributed by atoms with E-state index in [1.54, 1.807) is 0 Å². The van der Waals surface area contributed by atoms with Crippen molar-refractivity contribution < 1.29 is 0 Å². The Bertz CT molecular complexity index is 3080. The highest BCUT2D eigenvalue weighted by atomic mass is 15.3. The van der Waals surface area contributed by atoms with Crippen molar-refractivity contribution in [2.75, 3.05) is 0 Å². The number of benzene rings is 6. The molecule has 0 unspecified atom stereocenters. The Morgan fingerprint density at radius 3 is 1.68 bits per heavy atom. The summed E-state index contributed by atoms with van der Waals surface area (Å²) in [7, 11) is 0. The van der Waals surface area contributed by atoms with Crippen LogP contribution in [0, 0.1) is 23.5 Å². The molecule has 4 heterocycles. The second-order valence-corrected chi connectivity index (χ2v) is 13.1. The van der Waals surface area contributed by atoms with Crippen molar-refractivity contribution in [3.05, 3.63) is 169 Å². The molecule has 0 spiro atoms. The topological polar surface area (TPSA) is 77.2 Å². The number of rotatable bonds is 4. The summed E-state index contributed by atoms with van der Waals surface area (Å²) in [5.41, 5.74) is 8.29. The second kappa shape index (κ2) is 11.1. The molecule has 0 aliphatic heterocycles. The third kappa shape index (κ3) is 4.20. The average molecular weight is 676 g/mol. The van der Waals surface area contributed by atoms with Crippen molar-refractivity contribution in [2.45, 2.75) is 0 Å². The molecule has 0 bridgehead atoms. The van der Waals surface area contributed by atoms with E-state index in [-0.39, 0.29) is 0 Å². The van der Waals surface area contributed by atoms with Gasteiger partial charge in [-0.25, -0.2) is 0 Å². The average Bonchev–Trinajstić information content (AvgIpc) is 3.86. The number of nitrogens with zero attached hydrogens (tertiary/aromatic N) is 7. The Morgan fingerprint density at radius 2 is 1.00 bits per heavy atom. The molecule has 0 saturated heterocycles. The summed E-state index contributed by atoms with van der Waals surface area (Å²) in [6, 6.07) is 60.2. The van der Waals surface area contributed by atoms with E-state index in [1.165, 1.54) is 0 Å². The van der Waals surface area contributed by atoms with Gasteiger partial charge in [-0.2, -0.15) is 20.2 Å². The molecule has 0 radical (unpaired) electrons. The highest BCUT2D eigenvalue weighted by Crippen LogP contribution is 2.38. The highest BCUT2D eigenvalue weighted by Gasteiger charge is 2.23. The van der Waals surface area contributed by atoms with Gasteiger partial charge in [0, 0.05) is 32.5 Å². The molecule has 11 rings (SSSR count). The lowest BCUT2D eigenvalue weighted by molar-refractivity contribution is 0.892. The number of para-hydroxylation sites is 5. The van der Waals surface area contributed by atoms with Crippen LogP contribution in [0.1, 0.15) is 5.56 Å². The Balaban J connectivity index is 1.26. The SMILES string of the molecule is N#Cc1ccc2c(c1)c1ccccc1n2-c1ccccc1-c1nc(-n2c3ccc#cc3c3ccccc32)nc(-n2c3ccccc3c3ccccc32)n1. The summed E-state index contributed by atoms with van der Waals surface area (Å²) in [5, 5.41) is 16.1. The Hall–Kier alpha value is -7.74. The van der Waals surface area contributed by atoms with Crippen LogP contribution in [0.5, 0.6) is 0 Å². The first-order valence-electron chi connectivity index (χ1n) is 17.4. The van der Waals surface area contributed by atoms with E-state index in [9.17, 15) is 5.26 Å². The van der Waals surface area contributed by atoms with Gasteiger partial charge >= 0.3 is 0 Å². The van der Waals surface area contributed by atoms with Crippen molar-refractivity contribution in [3.63, 3.8) is 0 Å². The van der Waals surface area contributed by atoms with E-state index in [1.807, 2.05) is 66.7 Å². The molecule has 0 atom stereocenters. The number of hydrogen-bond donors (Lipinski definition) is 0. The van der Waals surface area contributed by atoms with Gasteiger partial charge in [0.2, 0.25) is 11.9 Å². The lowest BCUT2D eigenvalue weighted by Gasteiger charge is -2.16. The zero-order valence-corrected chi connectivity index (χ0v) is 28.1. The standard InChI is InChI=1S/C46H25N7/c47-28-29-25-26-43-36(27-29)34-17-5-7-19-37(34)51(43)42-24-12-6-18-35(42)44-48-45(52-38-20-8-1-13-30(38)31-14-2-9-21-39(31)52)50-46(49-44)53-40-22-10-3-15-32(40)33-16-4-11-23-41(33)53/h1-3,5-15,17-27H. The molecule has 0 aliphatic carbocycles. The second-order valence-electron chi connectivity index (χ2n) is 13.1. The van der Waals surface area contributed by atoms with Crippen LogP contribution in [0.3, 0.4) is 0 Å². The van der Waals surface area contributed by atoms with Crippen LogP contribution < -0.4 is 0 Å². The summed E-state index contributed by atoms with van der Waals surface area (Å²) in [6.45, 7) is 0. The van der Waals surface area contributed by atoms with Gasteiger partial charge in [0.25, 0.3) is 0 Å². The van der Waals surface area contributed by atoms with E-state index in [4.69, 9.17) is 15.0 Å². The smallest absolute Gasteiger partial charge is 0.240 e. The third-order valence-electron chi connectivity index (χ3n) is 10.2. The van der Waals surface area contributed by atoms with Crippen molar-refractivity contribution in [2.24, 2.45) is 0 Å². The fraction of sp³-hybridized carbons (Fsp3) is 0. The van der Waals surface area contributed by atoms with Gasteiger partial charge in [0.1, 0.15) is 0 Å². The predicted molar refractivity (Wildman–Crippen MR) is 211 cm³/mol. The number of hydrogen-bond acceptors (Lipinski definition) is 4. The van der Waals surface area contributed by atoms with Crippen LogP contribution in [0.25, 0.3) is 94.4 Å². The van der Waals surface area contributed by atoms with Crippen molar-refractivity contribution in [1.82, 2.24) is 28.7 Å². The molecular weight excluding hydrogens is 651 g/mol. The molecule has 7 nitrogen and oxygen atoms in total. The fourth-order valence-electron chi connectivity index (χ4n) is 7.97. The molecule has 0 saturated carbocycles. The molecule has 4 aromatic heterocycles. The van der Waals surface area contributed by atoms with E-state index < -0.39 is 0 Å². The van der Waals surface area contributed by atoms with E-state index >= 15 is 0 Å². The van der Waals surface area contributed by atoms with Crippen LogP contribution in [0.15, 0.2) is 152 Å². The van der Waals surface area contributed by atoms with Gasteiger partial charge in [0.05, 0.1) is 55.8 Å². The lowest BCUT2D eigenvalue weighted by Crippen LogP contribution is -2.11. The van der Waals surface area contributed by atoms with Gasteiger partial charge in [-0.15, -0.1) is 0 Å². The van der Waals surface area contributed by atoms with Crippen LogP contribution in [-0.2, 0) is 0 Å². The molecule has 7 aromatic carbocycles. The Morgan fingerprint density at radius 1 is 0.472 bits per heavy atom. The minimum atomic E-state index is 0.494. The van der Waals surface area contributed by atoms with Gasteiger partial charge in [-0.3, -0.25) is 9.13 Å². The maximum atomic E-state index is 9.77. The monoisotopic (exact) mass is 675 g/mol. The maximum absolute atomic E-state index is 9.77. The van der Waals surface area contributed by atoms with E-state index in [2.05, 4.69) is 117 Å². The van der Waals surface area contributed by atoms with Crippen molar-refractivity contribution >= 4 is 65.4 Å². The lowest BCUT2D eigenvalue weighted by atomic mass is 10.1. The highest BCUT2D eigenvalue weighted by molar-refractivity contribution is 6.11. The molecule has 0 aliphatic rings. The molecule has 0 fully saturated rings. The van der Waals surface area contributed by atoms with Gasteiger partial charge < -0.3 is 4.57 Å². The minimum absolute atomic E-state index is 0.494. The van der Waals surface area contributed by atoms with Crippen molar-refractivity contribution in [1.29, 1.82) is 5.26 Å². The van der Waals surface area contributed by atoms with Gasteiger partial charge in [0.15, 0.2) is 5.82 Å². The van der Waals surface area contributed by atoms with Crippen LogP contribution >= 0.6 is 0 Å². The number of fused-ring (bicyclic) bond motifs is 9. The molecule has 7 heteroatoms. The molecule has 11 aromatic rings. The molecular formula is C46H25N7. The van der Waals surface area contributed by atoms with E-state index in [0.717, 1.165) is 76.7 Å². The first-order chi connectivity index (χ1) is 26.3. The quantitative estimate of drug-likeness (QED) is 0.186. The predicted octanol–water partition coefficient (Wildman–Crippen LogP) is 10.3. The van der Waals surface area contributed by atoms with Crippen LogP contribution in [0.2, 0.25) is 0 Å². The summed E-state index contributed by atoms with van der Waals surface area (Å²) in [5.74, 6) is 1.53. The Kier molecular flexibility index (Phi) is 6.10. The third-order valence-corrected chi connectivity index (χ3v) is 10.2. The normalized spacial score (nSPS) is 11.6. The Labute approximate surface area is 302 Å². The van der Waals surface area contributed by atoms with Gasteiger partial charge in [-0.1, -0.05) is 97.1 Å². The molecule has 244 valence electrons. The van der Waals surface area contributed by atoms with Crippen LogP contribution in [0.4, 0.5) is 0 Å². The first-order valence-corrected chi connectivity index (χ1v) is 17.4. The maximum Gasteiger partial charge on any atom is 0.240 e. The summed E-state index contributed by atoms with van der Waals surface area (Å²) in [6.07, 6.45) is 0. The summed E-state index contributed by atoms with van der Waals surface area (Å²) < 4.78 is 6.49. The van der Waals surface area contributed by atoms with Gasteiger partial charge in [-0.05, 0) is 66.7 Å². The van der Waals surface area contributed by atoms with Crippen LogP contribution in [-0.4, -0.2) is 28.7 Å². The molecule has 53 heavy (non-hydrogen) atoms. The summed E-state index contributed by atoms with van der Waals surface area (Å²) >= 11 is 0. The minimum Gasteiger partial charge on any atom is -0.309 e. The first kappa shape index (κ1) is 29.0. The van der Waals surface area contributed by atoms with E-state index in [0.29, 0.717) is 23.3 Å². The number of nitriles is 1.